The van der Waals surface area contributed by atoms with Gasteiger partial charge in [0.1, 0.15) is 5.75 Å². The van der Waals surface area contributed by atoms with Gasteiger partial charge in [0.25, 0.3) is 5.92 Å². The van der Waals surface area contributed by atoms with Crippen LogP contribution >= 0.6 is 0 Å². The molecule has 1 aromatic rings. The van der Waals surface area contributed by atoms with Crippen molar-refractivity contribution in [3.63, 3.8) is 0 Å². The second kappa shape index (κ2) is 5.00. The Kier molecular flexibility index (Phi) is 3.62. The minimum Gasteiger partial charge on any atom is -0.494 e. The summed E-state index contributed by atoms with van der Waals surface area (Å²) in [7, 11) is 0. The third-order valence-electron chi connectivity index (χ3n) is 3.05. The van der Waals surface area contributed by atoms with E-state index in [1.807, 2.05) is 6.92 Å². The van der Waals surface area contributed by atoms with Crippen LogP contribution < -0.4 is 10.1 Å². The maximum absolute atomic E-state index is 13.8. The Morgan fingerprint density at radius 1 is 1.47 bits per heavy atom. The molecule has 1 aromatic carbocycles. The fraction of sp³-hybridized carbons (Fsp3) is 0.538. The Morgan fingerprint density at radius 2 is 2.29 bits per heavy atom. The fourth-order valence-corrected chi connectivity index (χ4v) is 2.23. The predicted molar refractivity (Wildman–Crippen MR) is 62.8 cm³/mol. The van der Waals surface area contributed by atoms with E-state index in [2.05, 4.69) is 5.32 Å². The van der Waals surface area contributed by atoms with Crippen molar-refractivity contribution < 1.29 is 13.5 Å². The number of hydrogen-bond acceptors (Lipinski definition) is 2. The Hall–Kier alpha value is -1.16. The summed E-state index contributed by atoms with van der Waals surface area (Å²) in [4.78, 5) is 0. The van der Waals surface area contributed by atoms with Gasteiger partial charge >= 0.3 is 0 Å². The van der Waals surface area contributed by atoms with Crippen LogP contribution in [0.25, 0.3) is 0 Å². The normalized spacial score (nSPS) is 23.4. The predicted octanol–water partition coefficient (Wildman–Crippen LogP) is 2.80. The molecule has 1 heterocycles. The summed E-state index contributed by atoms with van der Waals surface area (Å²) in [6.07, 6.45) is 0.461. The fourth-order valence-electron chi connectivity index (χ4n) is 2.23. The Labute approximate surface area is 100.0 Å². The van der Waals surface area contributed by atoms with Gasteiger partial charge in [0.2, 0.25) is 0 Å². The van der Waals surface area contributed by atoms with Gasteiger partial charge in [-0.15, -0.1) is 0 Å². The minimum atomic E-state index is -2.68. The standard InChI is InChI=1S/C13H17F2NO/c1-2-17-11-5-3-4-10(8-11)12-6-7-16-9-13(12,14)15/h3-5,8,12,16H,2,6-7,9H2,1H3. The van der Waals surface area contributed by atoms with E-state index >= 15 is 0 Å². The number of halogens is 2. The summed E-state index contributed by atoms with van der Waals surface area (Å²) in [5.41, 5.74) is 0.669. The van der Waals surface area contributed by atoms with Crippen molar-refractivity contribution in [2.75, 3.05) is 19.7 Å². The summed E-state index contributed by atoms with van der Waals surface area (Å²) >= 11 is 0. The molecule has 1 aliphatic rings. The van der Waals surface area contributed by atoms with Gasteiger partial charge in [-0.1, -0.05) is 12.1 Å². The monoisotopic (exact) mass is 241 g/mol. The van der Waals surface area contributed by atoms with E-state index in [0.29, 0.717) is 30.9 Å². The second-order valence-electron chi connectivity index (χ2n) is 4.28. The van der Waals surface area contributed by atoms with Crippen LogP contribution in [0.2, 0.25) is 0 Å². The number of alkyl halides is 2. The number of piperidine rings is 1. The molecule has 1 saturated heterocycles. The zero-order valence-corrected chi connectivity index (χ0v) is 9.88. The maximum atomic E-state index is 13.8. The zero-order chi connectivity index (χ0) is 12.3. The highest BCUT2D eigenvalue weighted by Crippen LogP contribution is 2.38. The van der Waals surface area contributed by atoms with Gasteiger partial charge in [-0.05, 0) is 37.6 Å². The van der Waals surface area contributed by atoms with E-state index in [-0.39, 0.29) is 6.54 Å². The lowest BCUT2D eigenvalue weighted by Gasteiger charge is -2.32. The molecular formula is C13H17F2NO. The van der Waals surface area contributed by atoms with Crippen molar-refractivity contribution in [2.24, 2.45) is 0 Å². The van der Waals surface area contributed by atoms with E-state index in [0.717, 1.165) is 0 Å². The highest BCUT2D eigenvalue weighted by Gasteiger charge is 2.42. The molecular weight excluding hydrogens is 224 g/mol. The Balaban J connectivity index is 2.23. The molecule has 0 aromatic heterocycles. The van der Waals surface area contributed by atoms with Crippen LogP contribution in [0.4, 0.5) is 8.78 Å². The van der Waals surface area contributed by atoms with Crippen molar-refractivity contribution in [3.8, 4) is 5.75 Å². The van der Waals surface area contributed by atoms with Crippen LogP contribution in [0.15, 0.2) is 24.3 Å². The van der Waals surface area contributed by atoms with Gasteiger partial charge in [-0.3, -0.25) is 0 Å². The van der Waals surface area contributed by atoms with Crippen molar-refractivity contribution in [1.82, 2.24) is 5.32 Å². The molecule has 94 valence electrons. The highest BCUT2D eigenvalue weighted by atomic mass is 19.3. The van der Waals surface area contributed by atoms with Gasteiger partial charge < -0.3 is 10.1 Å². The quantitative estimate of drug-likeness (QED) is 0.878. The van der Waals surface area contributed by atoms with E-state index in [1.54, 1.807) is 24.3 Å². The molecule has 1 atom stereocenters. The number of benzene rings is 1. The van der Waals surface area contributed by atoms with Crippen LogP contribution in [-0.2, 0) is 0 Å². The largest absolute Gasteiger partial charge is 0.494 e. The van der Waals surface area contributed by atoms with Gasteiger partial charge in [0.05, 0.1) is 19.1 Å². The second-order valence-corrected chi connectivity index (χ2v) is 4.28. The highest BCUT2D eigenvalue weighted by molar-refractivity contribution is 5.32. The van der Waals surface area contributed by atoms with Crippen LogP contribution in [0.1, 0.15) is 24.8 Å². The minimum absolute atomic E-state index is 0.240. The lowest BCUT2D eigenvalue weighted by Crippen LogP contribution is -2.44. The molecule has 1 fully saturated rings. The molecule has 4 heteroatoms. The summed E-state index contributed by atoms with van der Waals surface area (Å²) < 4.78 is 32.9. The molecule has 0 aliphatic carbocycles. The molecule has 0 radical (unpaired) electrons. The molecule has 0 bridgehead atoms. The molecule has 1 N–H and O–H groups in total. The molecule has 17 heavy (non-hydrogen) atoms. The molecule has 2 rings (SSSR count). The van der Waals surface area contributed by atoms with Gasteiger partial charge in [0, 0.05) is 0 Å². The summed E-state index contributed by atoms with van der Waals surface area (Å²) in [6, 6.07) is 7.06. The number of nitrogens with one attached hydrogen (secondary N) is 1. The molecule has 0 amide bonds. The topological polar surface area (TPSA) is 21.3 Å². The van der Waals surface area contributed by atoms with E-state index in [4.69, 9.17) is 4.74 Å². The van der Waals surface area contributed by atoms with Crippen molar-refractivity contribution in [2.45, 2.75) is 25.2 Å². The molecule has 0 spiro atoms. The Morgan fingerprint density at radius 3 is 3.00 bits per heavy atom. The lowest BCUT2D eigenvalue weighted by molar-refractivity contribution is -0.0420. The number of rotatable bonds is 3. The molecule has 0 saturated carbocycles. The first-order valence-corrected chi connectivity index (χ1v) is 5.95. The van der Waals surface area contributed by atoms with Crippen LogP contribution in [0.5, 0.6) is 5.75 Å². The summed E-state index contributed by atoms with van der Waals surface area (Å²) in [5.74, 6) is -2.72. The van der Waals surface area contributed by atoms with E-state index in [1.165, 1.54) is 0 Å². The number of ether oxygens (including phenoxy) is 1. The molecule has 1 unspecified atom stereocenters. The van der Waals surface area contributed by atoms with Gasteiger partial charge in [-0.25, -0.2) is 8.78 Å². The smallest absolute Gasteiger partial charge is 0.267 e. The van der Waals surface area contributed by atoms with Crippen LogP contribution in [0, 0.1) is 0 Å². The number of hydrogen-bond donors (Lipinski definition) is 1. The lowest BCUT2D eigenvalue weighted by atomic mass is 9.87. The first kappa shape index (κ1) is 12.3. The maximum Gasteiger partial charge on any atom is 0.267 e. The third kappa shape index (κ3) is 2.75. The Bertz CT molecular complexity index is 381. The van der Waals surface area contributed by atoms with Crippen LogP contribution in [0.3, 0.4) is 0 Å². The van der Waals surface area contributed by atoms with Gasteiger partial charge in [0.15, 0.2) is 0 Å². The van der Waals surface area contributed by atoms with Crippen molar-refractivity contribution in [3.05, 3.63) is 29.8 Å². The summed E-state index contributed by atoms with van der Waals surface area (Å²) in [5, 5.41) is 2.73. The molecule has 1 aliphatic heterocycles. The van der Waals surface area contributed by atoms with Crippen molar-refractivity contribution >= 4 is 0 Å². The van der Waals surface area contributed by atoms with E-state index < -0.39 is 11.8 Å². The van der Waals surface area contributed by atoms with E-state index in [9.17, 15) is 8.78 Å². The van der Waals surface area contributed by atoms with Gasteiger partial charge in [-0.2, -0.15) is 0 Å². The molecule has 2 nitrogen and oxygen atoms in total. The average molecular weight is 241 g/mol. The SMILES string of the molecule is CCOc1cccc(C2CCNCC2(F)F)c1. The zero-order valence-electron chi connectivity index (χ0n) is 9.88. The van der Waals surface area contributed by atoms with Crippen molar-refractivity contribution in [1.29, 1.82) is 0 Å². The third-order valence-corrected chi connectivity index (χ3v) is 3.05. The average Bonchev–Trinajstić information content (AvgIpc) is 2.29. The van der Waals surface area contributed by atoms with Crippen LogP contribution in [-0.4, -0.2) is 25.6 Å². The first-order chi connectivity index (χ1) is 8.13. The first-order valence-electron chi connectivity index (χ1n) is 5.95. The summed E-state index contributed by atoms with van der Waals surface area (Å²) in [6.45, 7) is 2.83.